The second-order valence-electron chi connectivity index (χ2n) is 6.19. The van der Waals surface area contributed by atoms with Crippen LogP contribution in [0.1, 0.15) is 30.1 Å². The van der Waals surface area contributed by atoms with Crippen molar-refractivity contribution in [3.8, 4) is 0 Å². The Morgan fingerprint density at radius 1 is 1.38 bits per heavy atom. The molecule has 3 rings (SSSR count). The van der Waals surface area contributed by atoms with Gasteiger partial charge in [0.05, 0.1) is 0 Å². The summed E-state index contributed by atoms with van der Waals surface area (Å²) in [4.78, 5) is 18.0. The van der Waals surface area contributed by atoms with E-state index in [2.05, 4.69) is 20.4 Å². The Balaban J connectivity index is 1.80. The highest BCUT2D eigenvalue weighted by molar-refractivity contribution is 5.72. The van der Waals surface area contributed by atoms with Gasteiger partial charge < -0.3 is 20.5 Å². The van der Waals surface area contributed by atoms with E-state index in [4.69, 9.17) is 10.3 Å². The lowest BCUT2D eigenvalue weighted by Gasteiger charge is -2.37. The fourth-order valence-corrected chi connectivity index (χ4v) is 2.93. The molecule has 0 unspecified atom stereocenters. The number of rotatable bonds is 4. The van der Waals surface area contributed by atoms with Gasteiger partial charge in [0.25, 0.3) is 5.89 Å². The molecule has 0 radical (unpaired) electrons. The summed E-state index contributed by atoms with van der Waals surface area (Å²) in [6.07, 6.45) is 1.71. The molecule has 1 fully saturated rings. The molecule has 2 aromatic rings. The maximum atomic E-state index is 13.0. The molecule has 128 valence electrons. The number of hydrogen-bond acceptors (Lipinski definition) is 5. The third-order valence-electron chi connectivity index (χ3n) is 4.36. The number of urea groups is 1. The first-order valence-corrected chi connectivity index (χ1v) is 7.80. The number of likely N-dealkylation sites (tertiary alicyclic amines) is 1. The molecule has 0 atom stereocenters. The van der Waals surface area contributed by atoms with Gasteiger partial charge in [0.2, 0.25) is 0 Å². The third-order valence-corrected chi connectivity index (χ3v) is 4.36. The Labute approximate surface area is 139 Å². The maximum Gasteiger partial charge on any atom is 0.313 e. The average molecular weight is 333 g/mol. The van der Waals surface area contributed by atoms with E-state index >= 15 is 0 Å². The van der Waals surface area contributed by atoms with Crippen LogP contribution in [0.2, 0.25) is 0 Å². The number of nitrogens with two attached hydrogens (primary N) is 1. The van der Waals surface area contributed by atoms with Crippen molar-refractivity contribution in [3.05, 3.63) is 47.4 Å². The van der Waals surface area contributed by atoms with Crippen molar-refractivity contribution >= 4 is 6.03 Å². The summed E-state index contributed by atoms with van der Waals surface area (Å²) in [6.45, 7) is 1.58. The molecular weight excluding hydrogens is 313 g/mol. The number of nitrogens with zero attached hydrogens (tertiary/aromatic N) is 3. The van der Waals surface area contributed by atoms with Gasteiger partial charge in [-0.2, -0.15) is 4.98 Å². The Morgan fingerprint density at radius 2 is 2.04 bits per heavy atom. The number of carbonyl (C=O) groups is 1. The van der Waals surface area contributed by atoms with E-state index in [-0.39, 0.29) is 5.82 Å². The number of aromatic nitrogens is 2. The summed E-state index contributed by atoms with van der Waals surface area (Å²) >= 11 is 0. The first-order valence-electron chi connectivity index (χ1n) is 7.80. The van der Waals surface area contributed by atoms with E-state index in [0.717, 1.165) is 18.7 Å². The predicted molar refractivity (Wildman–Crippen MR) is 84.6 cm³/mol. The van der Waals surface area contributed by atoms with Crippen molar-refractivity contribution in [3.63, 3.8) is 0 Å². The van der Waals surface area contributed by atoms with Crippen LogP contribution in [-0.2, 0) is 12.0 Å². The van der Waals surface area contributed by atoms with Crippen molar-refractivity contribution in [1.29, 1.82) is 0 Å². The van der Waals surface area contributed by atoms with Crippen LogP contribution in [0.25, 0.3) is 0 Å². The molecule has 8 heteroatoms. The highest BCUT2D eigenvalue weighted by atomic mass is 19.1. The van der Waals surface area contributed by atoms with Crippen molar-refractivity contribution in [2.45, 2.75) is 24.8 Å². The van der Waals surface area contributed by atoms with Crippen molar-refractivity contribution in [2.75, 3.05) is 20.1 Å². The molecule has 3 N–H and O–H groups in total. The van der Waals surface area contributed by atoms with Gasteiger partial charge >= 0.3 is 6.03 Å². The fraction of sp³-hybridized carbons (Fsp3) is 0.438. The van der Waals surface area contributed by atoms with Gasteiger partial charge in [-0.3, -0.25) is 0 Å². The average Bonchev–Trinajstić information content (AvgIpc) is 3.01. The third kappa shape index (κ3) is 3.53. The van der Waals surface area contributed by atoms with Crippen LogP contribution in [0.15, 0.2) is 28.8 Å². The zero-order valence-corrected chi connectivity index (χ0v) is 13.5. The normalized spacial score (nSPS) is 17.6. The van der Waals surface area contributed by atoms with Gasteiger partial charge in [-0.05, 0) is 37.6 Å². The summed E-state index contributed by atoms with van der Waals surface area (Å²) in [7, 11) is 2.02. The summed E-state index contributed by atoms with van der Waals surface area (Å²) in [5.74, 6) is 0.566. The lowest BCUT2D eigenvalue weighted by molar-refractivity contribution is 0.127. The zero-order valence-electron chi connectivity index (χ0n) is 13.5. The Bertz CT molecular complexity index is 708. The monoisotopic (exact) mass is 333 g/mol. The fourth-order valence-electron chi connectivity index (χ4n) is 2.93. The Morgan fingerprint density at radius 3 is 2.67 bits per heavy atom. The van der Waals surface area contributed by atoms with Crippen LogP contribution < -0.4 is 11.1 Å². The molecule has 0 spiro atoms. The van der Waals surface area contributed by atoms with Crippen molar-refractivity contribution < 1.29 is 13.7 Å². The number of hydrogen-bond donors (Lipinski definition) is 2. The van der Waals surface area contributed by atoms with E-state index in [1.807, 2.05) is 7.05 Å². The van der Waals surface area contributed by atoms with Crippen molar-refractivity contribution in [2.24, 2.45) is 5.73 Å². The molecule has 24 heavy (non-hydrogen) atoms. The van der Waals surface area contributed by atoms with E-state index in [1.54, 1.807) is 12.1 Å². The van der Waals surface area contributed by atoms with Gasteiger partial charge in [0, 0.05) is 19.5 Å². The molecule has 1 saturated heterocycles. The van der Waals surface area contributed by atoms with E-state index < -0.39 is 11.6 Å². The van der Waals surface area contributed by atoms with Crippen LogP contribution in [0.5, 0.6) is 0 Å². The SMILES string of the molecule is CN1CCC(NC(N)=O)(c2nc(Cc3ccc(F)cc3)no2)CC1. The molecule has 1 aliphatic rings. The number of piperidine rings is 1. The molecule has 2 heterocycles. The zero-order chi connectivity index (χ0) is 17.2. The minimum Gasteiger partial charge on any atom is -0.352 e. The highest BCUT2D eigenvalue weighted by Crippen LogP contribution is 2.31. The predicted octanol–water partition coefficient (Wildman–Crippen LogP) is 1.39. The summed E-state index contributed by atoms with van der Waals surface area (Å²) in [5, 5.41) is 6.78. The number of halogens is 1. The lowest BCUT2D eigenvalue weighted by Crippen LogP contribution is -2.54. The van der Waals surface area contributed by atoms with Gasteiger partial charge in [-0.15, -0.1) is 0 Å². The molecular formula is C16H20FN5O2. The topological polar surface area (TPSA) is 97.3 Å². The van der Waals surface area contributed by atoms with Crippen LogP contribution >= 0.6 is 0 Å². The van der Waals surface area contributed by atoms with Crippen LogP contribution in [0, 0.1) is 5.82 Å². The number of nitrogens with one attached hydrogen (secondary N) is 1. The molecule has 0 aliphatic carbocycles. The van der Waals surface area contributed by atoms with E-state index in [9.17, 15) is 9.18 Å². The molecule has 1 aromatic carbocycles. The summed E-state index contributed by atoms with van der Waals surface area (Å²) in [6, 6.07) is 5.53. The molecule has 0 saturated carbocycles. The molecule has 7 nitrogen and oxygen atoms in total. The second kappa shape index (κ2) is 6.56. The second-order valence-corrected chi connectivity index (χ2v) is 6.19. The van der Waals surface area contributed by atoms with Crippen LogP contribution in [-0.4, -0.2) is 41.2 Å². The molecule has 1 aromatic heterocycles. The van der Waals surface area contributed by atoms with Crippen LogP contribution in [0.3, 0.4) is 0 Å². The highest BCUT2D eigenvalue weighted by Gasteiger charge is 2.41. The maximum absolute atomic E-state index is 13.0. The van der Waals surface area contributed by atoms with E-state index in [0.29, 0.717) is 31.0 Å². The largest absolute Gasteiger partial charge is 0.352 e. The molecule has 0 bridgehead atoms. The number of benzene rings is 1. The lowest BCUT2D eigenvalue weighted by atomic mass is 9.87. The van der Waals surface area contributed by atoms with Gasteiger partial charge in [0.1, 0.15) is 11.4 Å². The first kappa shape index (κ1) is 16.4. The molecule has 2 amide bonds. The number of carbonyl (C=O) groups excluding carboxylic acids is 1. The first-order chi connectivity index (χ1) is 11.5. The standard InChI is InChI=1S/C16H20FN5O2/c1-22-8-6-16(7-9-22,20-15(18)23)14-19-13(21-24-14)10-11-2-4-12(17)5-3-11/h2-5H,6-10H2,1H3,(H3,18,20,23). The Hall–Kier alpha value is -2.48. The Kier molecular flexibility index (Phi) is 4.48. The summed E-state index contributed by atoms with van der Waals surface area (Å²) in [5.41, 5.74) is 5.48. The minimum atomic E-state index is -0.730. The smallest absolute Gasteiger partial charge is 0.313 e. The van der Waals surface area contributed by atoms with Crippen molar-refractivity contribution in [1.82, 2.24) is 20.4 Å². The van der Waals surface area contributed by atoms with Gasteiger partial charge in [-0.1, -0.05) is 17.3 Å². The van der Waals surface area contributed by atoms with E-state index in [1.165, 1.54) is 12.1 Å². The number of amides is 2. The summed E-state index contributed by atoms with van der Waals surface area (Å²) < 4.78 is 18.4. The van der Waals surface area contributed by atoms with Gasteiger partial charge in [0.15, 0.2) is 5.82 Å². The number of primary amides is 1. The molecule has 1 aliphatic heterocycles. The van der Waals surface area contributed by atoms with Gasteiger partial charge in [-0.25, -0.2) is 9.18 Å². The minimum absolute atomic E-state index is 0.288. The quantitative estimate of drug-likeness (QED) is 0.881. The van der Waals surface area contributed by atoms with Crippen LogP contribution in [0.4, 0.5) is 9.18 Å².